The lowest BCUT2D eigenvalue weighted by atomic mass is 10.2. The maximum atomic E-state index is 13.5. The zero-order valence-corrected chi connectivity index (χ0v) is 20.7. The fraction of sp³-hybridized carbons (Fsp3) is 0.375. The number of para-hydroxylation sites is 1. The Morgan fingerprint density at radius 3 is 2.31 bits per heavy atom. The second-order valence-electron chi connectivity index (χ2n) is 8.09. The van der Waals surface area contributed by atoms with Crippen LogP contribution in [-0.4, -0.2) is 52.3 Å². The number of aromatic nitrogens is 2. The highest BCUT2D eigenvalue weighted by atomic mass is 31.2. The molecule has 1 aliphatic heterocycles. The molecule has 1 saturated heterocycles. The summed E-state index contributed by atoms with van der Waals surface area (Å²) in [5.74, 6) is -1.37. The first-order valence-electron chi connectivity index (χ1n) is 11.4. The van der Waals surface area contributed by atoms with E-state index >= 15 is 0 Å². The van der Waals surface area contributed by atoms with E-state index in [0.29, 0.717) is 10.1 Å². The monoisotopic (exact) mass is 501 g/mol. The molecule has 11 heteroatoms. The molecule has 10 nitrogen and oxygen atoms in total. The van der Waals surface area contributed by atoms with Crippen LogP contribution in [0.5, 0.6) is 0 Å². The van der Waals surface area contributed by atoms with Crippen LogP contribution in [0.4, 0.5) is 0 Å². The van der Waals surface area contributed by atoms with Crippen LogP contribution in [0.25, 0.3) is 10.9 Å². The number of carbonyl (C=O) groups is 1. The number of hydrogen-bond donors (Lipinski definition) is 0. The van der Waals surface area contributed by atoms with Crippen molar-refractivity contribution in [3.05, 3.63) is 81.0 Å². The fourth-order valence-corrected chi connectivity index (χ4v) is 6.41. The van der Waals surface area contributed by atoms with E-state index in [4.69, 9.17) is 13.9 Å². The highest BCUT2D eigenvalue weighted by Gasteiger charge is 2.46. The van der Waals surface area contributed by atoms with Gasteiger partial charge in [0.15, 0.2) is 0 Å². The minimum Gasteiger partial charge on any atom is -0.308 e. The largest absolute Gasteiger partial charge is 0.350 e. The summed E-state index contributed by atoms with van der Waals surface area (Å²) in [6.07, 6.45) is -0.307. The second kappa shape index (κ2) is 10.4. The molecule has 2 aromatic carbocycles. The first-order valence-corrected chi connectivity index (χ1v) is 13.0. The van der Waals surface area contributed by atoms with Gasteiger partial charge in [-0.15, -0.1) is 0 Å². The van der Waals surface area contributed by atoms with Crippen molar-refractivity contribution in [3.63, 3.8) is 0 Å². The van der Waals surface area contributed by atoms with E-state index in [-0.39, 0.29) is 37.1 Å². The van der Waals surface area contributed by atoms with Gasteiger partial charge in [0.25, 0.3) is 11.5 Å². The van der Waals surface area contributed by atoms with E-state index in [0.717, 1.165) is 0 Å². The van der Waals surface area contributed by atoms with E-state index < -0.39 is 36.6 Å². The molecule has 0 spiro atoms. The molecule has 2 atom stereocenters. The Hall–Kier alpha value is -2.88. The highest BCUT2D eigenvalue weighted by Crippen LogP contribution is 2.57. The van der Waals surface area contributed by atoms with Crippen LogP contribution in [-0.2, 0) is 25.0 Å². The van der Waals surface area contributed by atoms with Crippen molar-refractivity contribution in [2.75, 3.05) is 20.3 Å². The van der Waals surface area contributed by atoms with Crippen molar-refractivity contribution >= 4 is 24.4 Å². The lowest BCUT2D eigenvalue weighted by Crippen LogP contribution is -2.45. The lowest BCUT2D eigenvalue weighted by molar-refractivity contribution is -0.138. The van der Waals surface area contributed by atoms with Crippen LogP contribution in [0.1, 0.15) is 30.6 Å². The van der Waals surface area contributed by atoms with Gasteiger partial charge in [-0.2, -0.15) is 9.63 Å². The number of rotatable bonds is 8. The molecular weight excluding hydrogens is 473 g/mol. The number of hydroxylamine groups is 2. The molecular formula is C24H28N3O7P. The lowest BCUT2D eigenvalue weighted by Gasteiger charge is -2.25. The summed E-state index contributed by atoms with van der Waals surface area (Å²) in [6.45, 7) is 3.92. The molecule has 0 unspecified atom stereocenters. The minimum atomic E-state index is -3.49. The van der Waals surface area contributed by atoms with Crippen LogP contribution in [0, 0.1) is 0 Å². The molecule has 3 aromatic rings. The third-order valence-electron chi connectivity index (χ3n) is 5.85. The molecule has 0 radical (unpaired) electrons. The first-order chi connectivity index (χ1) is 16.8. The van der Waals surface area contributed by atoms with Crippen LogP contribution >= 0.6 is 7.60 Å². The van der Waals surface area contributed by atoms with Gasteiger partial charge in [-0.1, -0.05) is 30.3 Å². The maximum absolute atomic E-state index is 13.5. The van der Waals surface area contributed by atoms with Gasteiger partial charge < -0.3 is 9.05 Å². The first kappa shape index (κ1) is 25.2. The summed E-state index contributed by atoms with van der Waals surface area (Å²) < 4.78 is 26.3. The van der Waals surface area contributed by atoms with E-state index in [9.17, 15) is 18.9 Å². The number of hydrogen-bond acceptors (Lipinski definition) is 8. The SMILES string of the molecule is CCOP(=O)(OCC)[C@@H]1C[C@@H](Cn2c(=O)n(C(=O)c3ccccc3)c(=O)c3ccccc32)ON1C. The van der Waals surface area contributed by atoms with E-state index in [1.54, 1.807) is 75.5 Å². The minimum absolute atomic E-state index is 0.0286. The molecule has 0 bridgehead atoms. The molecule has 0 aliphatic carbocycles. The summed E-state index contributed by atoms with van der Waals surface area (Å²) in [5.41, 5.74) is -0.850. The normalized spacial score (nSPS) is 18.8. The number of benzene rings is 2. The summed E-state index contributed by atoms with van der Waals surface area (Å²) >= 11 is 0. The average Bonchev–Trinajstić information content (AvgIpc) is 3.23. The predicted molar refractivity (Wildman–Crippen MR) is 131 cm³/mol. The molecule has 186 valence electrons. The molecule has 35 heavy (non-hydrogen) atoms. The van der Waals surface area contributed by atoms with E-state index in [1.165, 1.54) is 9.63 Å². The molecule has 4 rings (SSSR count). The average molecular weight is 501 g/mol. The summed E-state index contributed by atoms with van der Waals surface area (Å²) in [7, 11) is -1.86. The van der Waals surface area contributed by atoms with Crippen molar-refractivity contribution < 1.29 is 23.2 Å². The van der Waals surface area contributed by atoms with Gasteiger partial charge in [-0.05, 0) is 38.1 Å². The van der Waals surface area contributed by atoms with Gasteiger partial charge in [0.1, 0.15) is 5.78 Å². The van der Waals surface area contributed by atoms with Crippen LogP contribution < -0.4 is 11.2 Å². The Morgan fingerprint density at radius 2 is 1.66 bits per heavy atom. The Kier molecular flexibility index (Phi) is 7.49. The van der Waals surface area contributed by atoms with Gasteiger partial charge in [-0.3, -0.25) is 23.6 Å². The standard InChI is InChI=1S/C24H28N3O7P/c1-4-32-35(31,33-5-2)21-15-18(34-25(21)3)16-26-20-14-10-9-13-19(20)23(29)27(24(26)30)22(28)17-11-7-6-8-12-17/h6-14,18,21H,4-5,15-16H2,1-3H3/t18-,21+/m0/s1. The Bertz CT molecular complexity index is 1380. The quantitative estimate of drug-likeness (QED) is 0.434. The van der Waals surface area contributed by atoms with E-state index in [2.05, 4.69) is 0 Å². The van der Waals surface area contributed by atoms with Crippen molar-refractivity contribution in [2.24, 2.45) is 0 Å². The zero-order chi connectivity index (χ0) is 25.2. The number of carbonyl (C=O) groups excluding carboxylic acids is 1. The molecule has 1 fully saturated rings. The van der Waals surface area contributed by atoms with Crippen molar-refractivity contribution in [1.29, 1.82) is 0 Å². The topological polar surface area (TPSA) is 109 Å². The highest BCUT2D eigenvalue weighted by molar-refractivity contribution is 7.54. The number of fused-ring (bicyclic) bond motifs is 1. The fourth-order valence-electron chi connectivity index (χ4n) is 4.33. The van der Waals surface area contributed by atoms with Crippen LogP contribution in [0.2, 0.25) is 0 Å². The van der Waals surface area contributed by atoms with Crippen LogP contribution in [0.15, 0.2) is 64.2 Å². The molecule has 0 saturated carbocycles. The van der Waals surface area contributed by atoms with Gasteiger partial charge in [0.2, 0.25) is 0 Å². The molecule has 2 heterocycles. The summed E-state index contributed by atoms with van der Waals surface area (Å²) in [6, 6.07) is 14.8. The zero-order valence-electron chi connectivity index (χ0n) is 19.8. The second-order valence-corrected chi connectivity index (χ2v) is 10.3. The molecule has 1 aliphatic rings. The van der Waals surface area contributed by atoms with Crippen molar-refractivity contribution in [2.45, 2.75) is 38.7 Å². The molecule has 0 amide bonds. The predicted octanol–water partition coefficient (Wildman–Crippen LogP) is 3.08. The van der Waals surface area contributed by atoms with Gasteiger partial charge in [0, 0.05) is 19.0 Å². The third kappa shape index (κ3) is 4.80. The van der Waals surface area contributed by atoms with Gasteiger partial charge in [-0.25, -0.2) is 4.79 Å². The van der Waals surface area contributed by atoms with Crippen LogP contribution in [0.3, 0.4) is 0 Å². The summed E-state index contributed by atoms with van der Waals surface area (Å²) in [5, 5.41) is 1.67. The molecule has 1 aromatic heterocycles. The number of nitrogens with zero attached hydrogens (tertiary/aromatic N) is 3. The maximum Gasteiger partial charge on any atom is 0.350 e. The third-order valence-corrected chi connectivity index (χ3v) is 8.35. The Labute approximate surface area is 202 Å². The van der Waals surface area contributed by atoms with E-state index in [1.807, 2.05) is 0 Å². The van der Waals surface area contributed by atoms with Crippen molar-refractivity contribution in [1.82, 2.24) is 14.2 Å². The molecule has 0 N–H and O–H groups in total. The van der Waals surface area contributed by atoms with Gasteiger partial charge in [0.05, 0.1) is 36.8 Å². The Balaban J connectivity index is 1.75. The van der Waals surface area contributed by atoms with Gasteiger partial charge >= 0.3 is 13.3 Å². The smallest absolute Gasteiger partial charge is 0.308 e. The Morgan fingerprint density at radius 1 is 1.03 bits per heavy atom. The summed E-state index contributed by atoms with van der Waals surface area (Å²) in [4.78, 5) is 45.7. The van der Waals surface area contributed by atoms with Crippen molar-refractivity contribution in [3.8, 4) is 0 Å².